The van der Waals surface area contributed by atoms with E-state index < -0.39 is 12.0 Å². The van der Waals surface area contributed by atoms with Gasteiger partial charge < -0.3 is 14.9 Å². The van der Waals surface area contributed by atoms with Crippen molar-refractivity contribution >= 4 is 23.8 Å². The number of rotatable bonds is 4. The summed E-state index contributed by atoms with van der Waals surface area (Å²) in [6, 6.07) is -1.15. The number of nitrogens with zero attached hydrogens (tertiary/aromatic N) is 3. The third-order valence-corrected chi connectivity index (χ3v) is 5.01. The second kappa shape index (κ2) is 5.55. The number of carboxylic acids is 1. The molecule has 1 aliphatic heterocycles. The van der Waals surface area contributed by atoms with Crippen LogP contribution in [0.15, 0.2) is 4.52 Å². The Morgan fingerprint density at radius 2 is 2.29 bits per heavy atom. The first kappa shape index (κ1) is 14.2. The summed E-state index contributed by atoms with van der Waals surface area (Å²) in [4.78, 5) is 29.1. The van der Waals surface area contributed by atoms with Gasteiger partial charge in [0.2, 0.25) is 5.89 Å². The van der Waals surface area contributed by atoms with E-state index in [1.807, 2.05) is 0 Å². The van der Waals surface area contributed by atoms with Crippen LogP contribution in [-0.4, -0.2) is 49.3 Å². The van der Waals surface area contributed by atoms with Crippen molar-refractivity contribution in [2.24, 2.45) is 5.92 Å². The Hall–Kier alpha value is -1.77. The van der Waals surface area contributed by atoms with Crippen molar-refractivity contribution in [3.8, 4) is 0 Å². The van der Waals surface area contributed by atoms with Gasteiger partial charge in [-0.1, -0.05) is 5.16 Å². The molecule has 3 rings (SSSR count). The predicted octanol–water partition coefficient (Wildman–Crippen LogP) is 0.826. The van der Waals surface area contributed by atoms with Crippen molar-refractivity contribution in [2.75, 3.05) is 5.75 Å². The molecule has 1 saturated carbocycles. The molecule has 0 bridgehead atoms. The first-order valence-electron chi connectivity index (χ1n) is 6.76. The van der Waals surface area contributed by atoms with Gasteiger partial charge in [0.05, 0.1) is 11.9 Å². The topological polar surface area (TPSA) is 109 Å². The molecule has 9 heteroatoms. The first-order chi connectivity index (χ1) is 10.1. The fraction of sp³-hybridized carbons (Fsp3) is 0.667. The summed E-state index contributed by atoms with van der Waals surface area (Å²) in [6.45, 7) is 1.79. The number of aromatic nitrogens is 2. The maximum absolute atomic E-state index is 12.3. The third-order valence-electron chi connectivity index (χ3n) is 3.55. The summed E-state index contributed by atoms with van der Waals surface area (Å²) in [5.41, 5.74) is 0. The molecule has 8 nitrogen and oxygen atoms in total. The second-order valence-corrected chi connectivity index (χ2v) is 6.36. The van der Waals surface area contributed by atoms with E-state index in [-0.39, 0.29) is 17.9 Å². The molecule has 114 valence electrons. The standard InChI is InChI=1S/C12H16N4O4S/c1-6-14-9(15-20-6)4-13-12(19)16-8(11(17)18)5-21-10(16)7-2-3-7/h7-8,10H,2-5H2,1H3,(H,13,19)(H,17,18). The summed E-state index contributed by atoms with van der Waals surface area (Å²) >= 11 is 1.55. The van der Waals surface area contributed by atoms with Crippen molar-refractivity contribution in [3.05, 3.63) is 11.7 Å². The molecule has 1 aliphatic carbocycles. The van der Waals surface area contributed by atoms with Gasteiger partial charge in [-0.15, -0.1) is 11.8 Å². The number of aryl methyl sites for hydroxylation is 1. The fourth-order valence-electron chi connectivity index (χ4n) is 2.38. The molecule has 2 aliphatic rings. The zero-order valence-electron chi connectivity index (χ0n) is 11.5. The Kier molecular flexibility index (Phi) is 3.75. The van der Waals surface area contributed by atoms with E-state index in [4.69, 9.17) is 4.52 Å². The zero-order valence-corrected chi connectivity index (χ0v) is 12.3. The lowest BCUT2D eigenvalue weighted by Gasteiger charge is -2.27. The summed E-state index contributed by atoms with van der Waals surface area (Å²) in [5, 5.41) is 15.6. The first-order valence-corrected chi connectivity index (χ1v) is 7.81. The Balaban J connectivity index is 1.66. The number of nitrogens with one attached hydrogen (secondary N) is 1. The monoisotopic (exact) mass is 312 g/mol. The van der Waals surface area contributed by atoms with Gasteiger partial charge in [-0.2, -0.15) is 4.98 Å². The third kappa shape index (κ3) is 2.97. The highest BCUT2D eigenvalue weighted by Crippen LogP contribution is 2.45. The molecule has 2 N–H and O–H groups in total. The van der Waals surface area contributed by atoms with Crippen LogP contribution in [0.4, 0.5) is 4.79 Å². The van der Waals surface area contributed by atoms with Crippen LogP contribution in [0, 0.1) is 12.8 Å². The molecule has 1 saturated heterocycles. The van der Waals surface area contributed by atoms with Gasteiger partial charge in [0.1, 0.15) is 6.04 Å². The highest BCUT2D eigenvalue weighted by molar-refractivity contribution is 8.00. The molecule has 0 spiro atoms. The minimum atomic E-state index is -0.962. The van der Waals surface area contributed by atoms with Crippen molar-refractivity contribution in [3.63, 3.8) is 0 Å². The summed E-state index contributed by atoms with van der Waals surface area (Å²) in [7, 11) is 0. The molecule has 2 fully saturated rings. The number of hydrogen-bond acceptors (Lipinski definition) is 6. The van der Waals surface area contributed by atoms with Gasteiger partial charge in [-0.3, -0.25) is 4.90 Å². The minimum absolute atomic E-state index is 0.0434. The van der Waals surface area contributed by atoms with Crippen molar-refractivity contribution in [1.29, 1.82) is 0 Å². The van der Waals surface area contributed by atoms with Crippen molar-refractivity contribution in [1.82, 2.24) is 20.4 Å². The number of carbonyl (C=O) groups excluding carboxylic acids is 1. The summed E-state index contributed by atoms with van der Waals surface area (Å²) in [5.74, 6) is 0.692. The van der Waals surface area contributed by atoms with E-state index in [9.17, 15) is 14.7 Å². The number of thioether (sulfide) groups is 1. The van der Waals surface area contributed by atoms with Crippen LogP contribution in [0.1, 0.15) is 24.6 Å². The molecule has 0 radical (unpaired) electrons. The Bertz CT molecular complexity index is 559. The lowest BCUT2D eigenvalue weighted by atomic mass is 10.2. The van der Waals surface area contributed by atoms with Crippen LogP contribution in [-0.2, 0) is 11.3 Å². The van der Waals surface area contributed by atoms with Crippen molar-refractivity contribution < 1.29 is 19.2 Å². The molecule has 2 amide bonds. The van der Waals surface area contributed by atoms with Gasteiger partial charge in [-0.25, -0.2) is 9.59 Å². The molecule has 1 aromatic heterocycles. The molecule has 0 aromatic carbocycles. The van der Waals surface area contributed by atoms with E-state index >= 15 is 0 Å². The normalized spacial score (nSPS) is 25.1. The average Bonchev–Trinajstić information content (AvgIpc) is 3.04. The number of amides is 2. The molecular formula is C12H16N4O4S. The smallest absolute Gasteiger partial charge is 0.327 e. The lowest BCUT2D eigenvalue weighted by molar-refractivity contribution is -0.141. The van der Waals surface area contributed by atoms with E-state index in [1.165, 1.54) is 4.90 Å². The lowest BCUT2D eigenvalue weighted by Crippen LogP contribution is -2.50. The molecule has 2 heterocycles. The predicted molar refractivity (Wildman–Crippen MR) is 73.5 cm³/mol. The van der Waals surface area contributed by atoms with Gasteiger partial charge >= 0.3 is 12.0 Å². The van der Waals surface area contributed by atoms with E-state index in [1.54, 1.807) is 18.7 Å². The number of hydrogen-bond donors (Lipinski definition) is 2. The summed E-state index contributed by atoms with van der Waals surface area (Å²) < 4.78 is 4.83. The molecule has 2 atom stereocenters. The largest absolute Gasteiger partial charge is 0.480 e. The molecule has 21 heavy (non-hydrogen) atoms. The molecule has 1 aromatic rings. The Morgan fingerprint density at radius 3 is 2.86 bits per heavy atom. The Morgan fingerprint density at radius 1 is 1.52 bits per heavy atom. The maximum Gasteiger partial charge on any atom is 0.327 e. The number of aliphatic carboxylic acids is 1. The van der Waals surface area contributed by atoms with Gasteiger partial charge in [0, 0.05) is 12.7 Å². The van der Waals surface area contributed by atoms with Gasteiger partial charge in [0.15, 0.2) is 5.82 Å². The SMILES string of the molecule is Cc1nc(CNC(=O)N2C(C(=O)O)CSC2C2CC2)no1. The van der Waals surface area contributed by atoms with E-state index in [0.29, 0.717) is 23.4 Å². The summed E-state index contributed by atoms with van der Waals surface area (Å²) in [6.07, 6.45) is 2.11. The van der Waals surface area contributed by atoms with Crippen molar-refractivity contribution in [2.45, 2.75) is 37.7 Å². The highest BCUT2D eigenvalue weighted by atomic mass is 32.2. The highest BCUT2D eigenvalue weighted by Gasteiger charge is 2.48. The van der Waals surface area contributed by atoms with Crippen LogP contribution in [0.2, 0.25) is 0 Å². The van der Waals surface area contributed by atoms with E-state index in [0.717, 1.165) is 12.8 Å². The molecular weight excluding hydrogens is 296 g/mol. The minimum Gasteiger partial charge on any atom is -0.480 e. The molecule has 2 unspecified atom stereocenters. The second-order valence-electron chi connectivity index (χ2n) is 5.21. The van der Waals surface area contributed by atoms with Crippen LogP contribution >= 0.6 is 11.8 Å². The van der Waals surface area contributed by atoms with Crippen LogP contribution in [0.25, 0.3) is 0 Å². The van der Waals surface area contributed by atoms with Crippen LogP contribution in [0.5, 0.6) is 0 Å². The van der Waals surface area contributed by atoms with Gasteiger partial charge in [-0.05, 0) is 18.8 Å². The van der Waals surface area contributed by atoms with Crippen LogP contribution < -0.4 is 5.32 Å². The average molecular weight is 312 g/mol. The maximum atomic E-state index is 12.3. The van der Waals surface area contributed by atoms with E-state index in [2.05, 4.69) is 15.5 Å². The van der Waals surface area contributed by atoms with Crippen LogP contribution in [0.3, 0.4) is 0 Å². The number of urea groups is 1. The van der Waals surface area contributed by atoms with Gasteiger partial charge in [0.25, 0.3) is 0 Å². The fourth-order valence-corrected chi connectivity index (χ4v) is 4.01. The Labute approximate surface area is 125 Å². The number of carbonyl (C=O) groups is 2. The zero-order chi connectivity index (χ0) is 15.0. The number of carboxylic acid groups (broad SMARTS) is 1. The quantitative estimate of drug-likeness (QED) is 0.847.